The van der Waals surface area contributed by atoms with Crippen molar-refractivity contribution in [3.05, 3.63) is 101 Å². The van der Waals surface area contributed by atoms with Crippen LogP contribution in [0.5, 0.6) is 0 Å². The molecule has 0 bridgehead atoms. The predicted molar refractivity (Wildman–Crippen MR) is 130 cm³/mol. The fraction of sp³-hybridized carbons (Fsp3) is 0.222. The van der Waals surface area contributed by atoms with E-state index >= 15 is 0 Å². The molecule has 0 heterocycles. The zero-order valence-electron chi connectivity index (χ0n) is 19.2. The SMILES string of the molecule is CC(=NNC(=O)c1ccc(NC(=O)c2ccc(C(C)(C)C)cc2)cc1)c1ccc(C)cc1. The smallest absolute Gasteiger partial charge is 0.271 e. The van der Waals surface area contributed by atoms with Crippen LogP contribution >= 0.6 is 0 Å². The van der Waals surface area contributed by atoms with Crippen molar-refractivity contribution >= 4 is 23.2 Å². The minimum Gasteiger partial charge on any atom is -0.322 e. The molecule has 0 radical (unpaired) electrons. The van der Waals surface area contributed by atoms with Crippen molar-refractivity contribution in [2.45, 2.75) is 40.0 Å². The van der Waals surface area contributed by atoms with E-state index in [0.29, 0.717) is 16.8 Å². The summed E-state index contributed by atoms with van der Waals surface area (Å²) in [6.45, 7) is 10.3. The number of anilines is 1. The van der Waals surface area contributed by atoms with E-state index in [0.717, 1.165) is 11.3 Å². The van der Waals surface area contributed by atoms with Crippen LogP contribution in [-0.2, 0) is 5.41 Å². The number of amides is 2. The third-order valence-electron chi connectivity index (χ3n) is 5.21. The molecular formula is C27H29N3O2. The fourth-order valence-electron chi connectivity index (χ4n) is 3.09. The number of benzene rings is 3. The topological polar surface area (TPSA) is 70.6 Å². The Labute approximate surface area is 189 Å². The number of carbonyl (C=O) groups is 2. The number of hydrogen-bond acceptors (Lipinski definition) is 3. The van der Waals surface area contributed by atoms with Gasteiger partial charge in [-0.05, 0) is 66.8 Å². The van der Waals surface area contributed by atoms with E-state index in [1.807, 2.05) is 62.4 Å². The maximum Gasteiger partial charge on any atom is 0.271 e. The lowest BCUT2D eigenvalue weighted by atomic mass is 9.87. The molecule has 2 amide bonds. The molecule has 3 rings (SSSR count). The van der Waals surface area contributed by atoms with Crippen LogP contribution in [0.2, 0.25) is 0 Å². The average molecular weight is 428 g/mol. The summed E-state index contributed by atoms with van der Waals surface area (Å²) in [5, 5.41) is 7.04. The van der Waals surface area contributed by atoms with Crippen molar-refractivity contribution in [1.29, 1.82) is 0 Å². The Morgan fingerprint density at radius 1 is 0.719 bits per heavy atom. The Hall–Kier alpha value is -3.73. The van der Waals surface area contributed by atoms with Gasteiger partial charge in [0.1, 0.15) is 0 Å². The molecule has 0 saturated heterocycles. The Kier molecular flexibility index (Phi) is 6.89. The Morgan fingerprint density at radius 2 is 1.22 bits per heavy atom. The Morgan fingerprint density at radius 3 is 1.78 bits per heavy atom. The van der Waals surface area contributed by atoms with Gasteiger partial charge in [0.2, 0.25) is 0 Å². The highest BCUT2D eigenvalue weighted by Gasteiger charge is 2.14. The van der Waals surface area contributed by atoms with Gasteiger partial charge in [0.25, 0.3) is 11.8 Å². The van der Waals surface area contributed by atoms with Gasteiger partial charge in [-0.25, -0.2) is 5.43 Å². The number of hydrogen-bond donors (Lipinski definition) is 2. The highest BCUT2D eigenvalue weighted by atomic mass is 16.2. The van der Waals surface area contributed by atoms with Crippen molar-refractivity contribution in [3.8, 4) is 0 Å². The van der Waals surface area contributed by atoms with Crippen LogP contribution in [0.25, 0.3) is 0 Å². The summed E-state index contributed by atoms with van der Waals surface area (Å²) in [7, 11) is 0. The first kappa shape index (κ1) is 22.9. The minimum absolute atomic E-state index is 0.0358. The number of hydrazone groups is 1. The van der Waals surface area contributed by atoms with Crippen LogP contribution in [0.4, 0.5) is 5.69 Å². The third-order valence-corrected chi connectivity index (χ3v) is 5.21. The Bertz CT molecular complexity index is 1120. The number of aryl methyl sites for hydroxylation is 1. The third kappa shape index (κ3) is 5.91. The molecule has 5 nitrogen and oxygen atoms in total. The van der Waals surface area contributed by atoms with Gasteiger partial charge in [0, 0.05) is 16.8 Å². The monoisotopic (exact) mass is 427 g/mol. The van der Waals surface area contributed by atoms with Crippen molar-refractivity contribution in [1.82, 2.24) is 5.43 Å². The summed E-state index contributed by atoms with van der Waals surface area (Å²) >= 11 is 0. The van der Waals surface area contributed by atoms with Gasteiger partial charge >= 0.3 is 0 Å². The normalized spacial score (nSPS) is 11.7. The van der Waals surface area contributed by atoms with Gasteiger partial charge in [-0.1, -0.05) is 62.7 Å². The van der Waals surface area contributed by atoms with E-state index in [1.54, 1.807) is 24.3 Å². The van der Waals surface area contributed by atoms with E-state index < -0.39 is 0 Å². The Balaban J connectivity index is 1.60. The van der Waals surface area contributed by atoms with Crippen molar-refractivity contribution in [2.75, 3.05) is 5.32 Å². The van der Waals surface area contributed by atoms with Gasteiger partial charge in [0.05, 0.1) is 5.71 Å². The van der Waals surface area contributed by atoms with E-state index in [1.165, 1.54) is 11.1 Å². The number of carbonyl (C=O) groups excluding carboxylic acids is 2. The highest BCUT2D eigenvalue weighted by Crippen LogP contribution is 2.22. The maximum atomic E-state index is 12.5. The molecule has 0 saturated carbocycles. The highest BCUT2D eigenvalue weighted by molar-refractivity contribution is 6.05. The van der Waals surface area contributed by atoms with Crippen molar-refractivity contribution in [2.24, 2.45) is 5.10 Å². The molecule has 2 N–H and O–H groups in total. The van der Waals surface area contributed by atoms with Gasteiger partial charge in [0.15, 0.2) is 0 Å². The zero-order valence-corrected chi connectivity index (χ0v) is 19.2. The lowest BCUT2D eigenvalue weighted by Gasteiger charge is -2.19. The van der Waals surface area contributed by atoms with Gasteiger partial charge < -0.3 is 5.32 Å². The van der Waals surface area contributed by atoms with Crippen LogP contribution in [0.3, 0.4) is 0 Å². The summed E-state index contributed by atoms with van der Waals surface area (Å²) < 4.78 is 0. The number of nitrogens with zero attached hydrogens (tertiary/aromatic N) is 1. The summed E-state index contributed by atoms with van der Waals surface area (Å²) in [5.41, 5.74) is 8.28. The van der Waals surface area contributed by atoms with Crippen LogP contribution in [0, 0.1) is 6.92 Å². The molecule has 0 fully saturated rings. The van der Waals surface area contributed by atoms with E-state index in [9.17, 15) is 9.59 Å². The first-order chi connectivity index (χ1) is 15.1. The molecule has 0 aliphatic carbocycles. The van der Waals surface area contributed by atoms with Crippen LogP contribution in [0.1, 0.15) is 65.1 Å². The lowest BCUT2D eigenvalue weighted by molar-refractivity contribution is 0.0954. The van der Waals surface area contributed by atoms with Crippen molar-refractivity contribution < 1.29 is 9.59 Å². The van der Waals surface area contributed by atoms with Gasteiger partial charge in [-0.3, -0.25) is 9.59 Å². The second kappa shape index (κ2) is 9.60. The summed E-state index contributed by atoms with van der Waals surface area (Å²) in [5.74, 6) is -0.506. The molecular weight excluding hydrogens is 398 g/mol. The van der Waals surface area contributed by atoms with Crippen LogP contribution < -0.4 is 10.7 Å². The second-order valence-corrected chi connectivity index (χ2v) is 8.86. The first-order valence-electron chi connectivity index (χ1n) is 10.6. The maximum absolute atomic E-state index is 12.5. The molecule has 32 heavy (non-hydrogen) atoms. The molecule has 3 aromatic rings. The zero-order chi connectivity index (χ0) is 23.3. The molecule has 164 valence electrons. The predicted octanol–water partition coefficient (Wildman–Crippen LogP) is 5.70. The molecule has 3 aromatic carbocycles. The van der Waals surface area contributed by atoms with Gasteiger partial charge in [-0.15, -0.1) is 0 Å². The summed E-state index contributed by atoms with van der Waals surface area (Å²) in [4.78, 5) is 24.9. The summed E-state index contributed by atoms with van der Waals surface area (Å²) in [6.07, 6.45) is 0. The first-order valence-corrected chi connectivity index (χ1v) is 10.6. The number of rotatable bonds is 5. The molecule has 0 unspecified atom stereocenters. The summed E-state index contributed by atoms with van der Waals surface area (Å²) in [6, 6.07) is 22.3. The van der Waals surface area contributed by atoms with E-state index in [4.69, 9.17) is 0 Å². The second-order valence-electron chi connectivity index (χ2n) is 8.86. The average Bonchev–Trinajstić information content (AvgIpc) is 2.77. The molecule has 5 heteroatoms. The van der Waals surface area contributed by atoms with E-state index in [2.05, 4.69) is 36.6 Å². The van der Waals surface area contributed by atoms with E-state index in [-0.39, 0.29) is 17.2 Å². The molecule has 0 spiro atoms. The van der Waals surface area contributed by atoms with Gasteiger partial charge in [-0.2, -0.15) is 5.10 Å². The van der Waals surface area contributed by atoms with Crippen molar-refractivity contribution in [3.63, 3.8) is 0 Å². The number of nitrogens with one attached hydrogen (secondary N) is 2. The molecule has 0 aliphatic heterocycles. The minimum atomic E-state index is -0.313. The molecule has 0 aromatic heterocycles. The molecule has 0 aliphatic rings. The fourth-order valence-corrected chi connectivity index (χ4v) is 3.09. The lowest BCUT2D eigenvalue weighted by Crippen LogP contribution is -2.19. The molecule has 0 atom stereocenters. The van der Waals surface area contributed by atoms with Crippen LogP contribution in [0.15, 0.2) is 77.9 Å². The standard InChI is InChI=1S/C27H29N3O2/c1-18-6-8-20(9-7-18)19(2)29-30-26(32)22-12-16-24(17-13-22)28-25(31)21-10-14-23(15-11-21)27(3,4)5/h6-17H,1-5H3,(H,28,31)(H,30,32). The van der Waals surface area contributed by atoms with Crippen LogP contribution in [-0.4, -0.2) is 17.5 Å². The quantitative estimate of drug-likeness (QED) is 0.405. The largest absolute Gasteiger partial charge is 0.322 e.